The maximum Gasteiger partial charge on any atom is 0.0902 e. The number of hydrogen-bond donors (Lipinski definition) is 1. The predicted molar refractivity (Wildman–Crippen MR) is 50.1 cm³/mol. The molecule has 0 radical (unpaired) electrons. The summed E-state index contributed by atoms with van der Waals surface area (Å²) < 4.78 is 5.63. The van der Waals surface area contributed by atoms with Gasteiger partial charge in [-0.15, -0.1) is 0 Å². The number of nitrogens with two attached hydrogens (primary N) is 1. The largest absolute Gasteiger partial charge is 0.371 e. The van der Waals surface area contributed by atoms with Gasteiger partial charge in [0.1, 0.15) is 0 Å². The minimum absolute atomic E-state index is 0.123. The molecule has 1 unspecified atom stereocenters. The van der Waals surface area contributed by atoms with Crippen LogP contribution in [0.15, 0.2) is 0 Å². The van der Waals surface area contributed by atoms with Gasteiger partial charge in [0.25, 0.3) is 0 Å². The molecule has 1 fully saturated rings. The molecule has 12 heavy (non-hydrogen) atoms. The first-order valence-electron chi connectivity index (χ1n) is 4.65. The lowest BCUT2D eigenvalue weighted by Crippen LogP contribution is -2.55. The Morgan fingerprint density at radius 3 is 2.75 bits per heavy atom. The van der Waals surface area contributed by atoms with Gasteiger partial charge in [-0.25, -0.2) is 0 Å². The summed E-state index contributed by atoms with van der Waals surface area (Å²) in [6, 6.07) is 0.597. The van der Waals surface area contributed by atoms with Gasteiger partial charge in [0.05, 0.1) is 12.2 Å². The summed E-state index contributed by atoms with van der Waals surface area (Å²) in [6.45, 7) is 9.92. The number of rotatable bonds is 2. The van der Waals surface area contributed by atoms with Crippen molar-refractivity contribution in [3.63, 3.8) is 0 Å². The topological polar surface area (TPSA) is 38.5 Å². The molecule has 0 aromatic rings. The van der Waals surface area contributed by atoms with Crippen LogP contribution in [0, 0.1) is 0 Å². The Morgan fingerprint density at radius 1 is 1.58 bits per heavy atom. The van der Waals surface area contributed by atoms with E-state index in [9.17, 15) is 0 Å². The fourth-order valence-electron chi connectivity index (χ4n) is 1.53. The fourth-order valence-corrected chi connectivity index (χ4v) is 1.53. The van der Waals surface area contributed by atoms with Crippen LogP contribution in [-0.4, -0.2) is 42.8 Å². The summed E-state index contributed by atoms with van der Waals surface area (Å²) in [7, 11) is 0. The van der Waals surface area contributed by atoms with Crippen molar-refractivity contribution < 1.29 is 4.74 Å². The first-order chi connectivity index (χ1) is 5.57. The Balaban J connectivity index is 2.51. The van der Waals surface area contributed by atoms with Crippen molar-refractivity contribution in [3.05, 3.63) is 0 Å². The van der Waals surface area contributed by atoms with Crippen LogP contribution >= 0.6 is 0 Å². The number of morpholine rings is 1. The van der Waals surface area contributed by atoms with E-state index in [4.69, 9.17) is 10.5 Å². The van der Waals surface area contributed by atoms with Crippen molar-refractivity contribution in [2.24, 2.45) is 5.73 Å². The minimum Gasteiger partial charge on any atom is -0.371 e. The van der Waals surface area contributed by atoms with Crippen molar-refractivity contribution in [2.75, 3.05) is 26.2 Å². The Labute approximate surface area is 74.9 Å². The van der Waals surface area contributed by atoms with Gasteiger partial charge in [0, 0.05) is 25.7 Å². The molecule has 0 aromatic carbocycles. The standard InChI is InChI=1S/C9H20N2O/c1-8(2)11-4-5-12-9(3,6-10)7-11/h8H,4-7,10H2,1-3H3. The summed E-state index contributed by atoms with van der Waals surface area (Å²) in [6.07, 6.45) is 0. The van der Waals surface area contributed by atoms with Gasteiger partial charge in [-0.2, -0.15) is 0 Å². The zero-order valence-electron chi connectivity index (χ0n) is 8.34. The normalized spacial score (nSPS) is 32.8. The maximum atomic E-state index is 5.65. The third kappa shape index (κ3) is 2.19. The highest BCUT2D eigenvalue weighted by Gasteiger charge is 2.31. The summed E-state index contributed by atoms with van der Waals surface area (Å²) in [5.41, 5.74) is 5.53. The van der Waals surface area contributed by atoms with Crippen LogP contribution in [0.5, 0.6) is 0 Å². The zero-order chi connectivity index (χ0) is 9.19. The molecule has 2 N–H and O–H groups in total. The third-order valence-corrected chi connectivity index (χ3v) is 2.53. The van der Waals surface area contributed by atoms with E-state index in [2.05, 4.69) is 25.7 Å². The molecule has 0 saturated carbocycles. The summed E-state index contributed by atoms with van der Waals surface area (Å²) in [4.78, 5) is 2.41. The molecule has 3 heteroatoms. The van der Waals surface area contributed by atoms with Crippen molar-refractivity contribution in [2.45, 2.75) is 32.4 Å². The van der Waals surface area contributed by atoms with E-state index >= 15 is 0 Å². The lowest BCUT2D eigenvalue weighted by molar-refractivity contribution is -0.0988. The van der Waals surface area contributed by atoms with E-state index in [-0.39, 0.29) is 5.60 Å². The Hall–Kier alpha value is -0.120. The van der Waals surface area contributed by atoms with Crippen LogP contribution in [0.4, 0.5) is 0 Å². The fraction of sp³-hybridized carbons (Fsp3) is 1.00. The van der Waals surface area contributed by atoms with Crippen molar-refractivity contribution in [1.29, 1.82) is 0 Å². The van der Waals surface area contributed by atoms with E-state index in [0.29, 0.717) is 12.6 Å². The molecule has 3 nitrogen and oxygen atoms in total. The molecule has 1 aliphatic rings. The molecule has 72 valence electrons. The van der Waals surface area contributed by atoms with Gasteiger partial charge in [-0.05, 0) is 20.8 Å². The average molecular weight is 172 g/mol. The quantitative estimate of drug-likeness (QED) is 0.657. The first-order valence-corrected chi connectivity index (χ1v) is 4.65. The number of ether oxygens (including phenoxy) is 1. The molecular formula is C9H20N2O. The van der Waals surface area contributed by atoms with Crippen LogP contribution in [0.2, 0.25) is 0 Å². The SMILES string of the molecule is CC(C)N1CCOC(C)(CN)C1. The van der Waals surface area contributed by atoms with Crippen LogP contribution in [0.1, 0.15) is 20.8 Å². The molecule has 0 aromatic heterocycles. The van der Waals surface area contributed by atoms with Gasteiger partial charge in [0.15, 0.2) is 0 Å². The van der Waals surface area contributed by atoms with Gasteiger partial charge in [-0.3, -0.25) is 4.90 Å². The Kier molecular flexibility index (Phi) is 3.09. The molecule has 1 atom stereocenters. The minimum atomic E-state index is -0.123. The third-order valence-electron chi connectivity index (χ3n) is 2.53. The van der Waals surface area contributed by atoms with E-state index in [1.165, 1.54) is 0 Å². The summed E-state index contributed by atoms with van der Waals surface area (Å²) in [5.74, 6) is 0. The average Bonchev–Trinajstić information content (AvgIpc) is 2.05. The van der Waals surface area contributed by atoms with Gasteiger partial charge in [-0.1, -0.05) is 0 Å². The van der Waals surface area contributed by atoms with Crippen LogP contribution in [0.3, 0.4) is 0 Å². The maximum absolute atomic E-state index is 5.65. The van der Waals surface area contributed by atoms with Crippen LogP contribution in [0.25, 0.3) is 0 Å². The molecule has 1 aliphatic heterocycles. The second kappa shape index (κ2) is 3.73. The second-order valence-electron chi connectivity index (χ2n) is 4.07. The molecule has 1 rings (SSSR count). The van der Waals surface area contributed by atoms with Gasteiger partial charge >= 0.3 is 0 Å². The predicted octanol–water partition coefficient (Wildman–Crippen LogP) is 0.444. The highest BCUT2D eigenvalue weighted by molar-refractivity contribution is 4.85. The zero-order valence-corrected chi connectivity index (χ0v) is 8.34. The van der Waals surface area contributed by atoms with Crippen molar-refractivity contribution in [3.8, 4) is 0 Å². The molecule has 1 saturated heterocycles. The second-order valence-corrected chi connectivity index (χ2v) is 4.07. The molecule has 0 spiro atoms. The van der Waals surface area contributed by atoms with E-state index in [1.807, 2.05) is 0 Å². The van der Waals surface area contributed by atoms with Gasteiger partial charge in [0.2, 0.25) is 0 Å². The monoisotopic (exact) mass is 172 g/mol. The summed E-state index contributed by atoms with van der Waals surface area (Å²) >= 11 is 0. The summed E-state index contributed by atoms with van der Waals surface area (Å²) in [5, 5.41) is 0. The molecule has 0 aliphatic carbocycles. The van der Waals surface area contributed by atoms with Crippen LogP contribution in [-0.2, 0) is 4.74 Å². The number of hydrogen-bond acceptors (Lipinski definition) is 3. The lowest BCUT2D eigenvalue weighted by Gasteiger charge is -2.41. The first kappa shape index (κ1) is 9.96. The Bertz CT molecular complexity index is 149. The van der Waals surface area contributed by atoms with E-state index in [1.54, 1.807) is 0 Å². The molecule has 0 bridgehead atoms. The smallest absolute Gasteiger partial charge is 0.0902 e. The molecule has 0 amide bonds. The molecular weight excluding hydrogens is 152 g/mol. The van der Waals surface area contributed by atoms with Gasteiger partial charge < -0.3 is 10.5 Å². The van der Waals surface area contributed by atoms with E-state index < -0.39 is 0 Å². The number of nitrogens with zero attached hydrogens (tertiary/aromatic N) is 1. The van der Waals surface area contributed by atoms with Crippen LogP contribution < -0.4 is 5.73 Å². The molecule has 1 heterocycles. The van der Waals surface area contributed by atoms with Crippen molar-refractivity contribution in [1.82, 2.24) is 4.90 Å². The highest BCUT2D eigenvalue weighted by Crippen LogP contribution is 2.17. The lowest BCUT2D eigenvalue weighted by atomic mass is 10.0. The Morgan fingerprint density at radius 2 is 2.25 bits per heavy atom. The van der Waals surface area contributed by atoms with E-state index in [0.717, 1.165) is 19.7 Å². The van der Waals surface area contributed by atoms with Crippen molar-refractivity contribution >= 4 is 0 Å². The highest BCUT2D eigenvalue weighted by atomic mass is 16.5.